The fourth-order valence-corrected chi connectivity index (χ4v) is 3.28. The van der Waals surface area contributed by atoms with E-state index in [2.05, 4.69) is 31.3 Å². The van der Waals surface area contributed by atoms with Crippen LogP contribution in [-0.2, 0) is 13.6 Å². The molecule has 0 unspecified atom stereocenters. The Bertz CT molecular complexity index is 941. The van der Waals surface area contributed by atoms with Crippen molar-refractivity contribution in [2.24, 2.45) is 7.05 Å². The van der Waals surface area contributed by atoms with Gasteiger partial charge in [0.15, 0.2) is 5.69 Å². The number of carbonyl (C=O) groups excluding carboxylic acids is 1. The van der Waals surface area contributed by atoms with E-state index in [-0.39, 0.29) is 5.91 Å². The highest BCUT2D eigenvalue weighted by Gasteiger charge is 2.35. The fraction of sp³-hybridized carbons (Fsp3) is 0.333. The van der Waals surface area contributed by atoms with Crippen LogP contribution in [0.25, 0.3) is 5.69 Å². The maximum Gasteiger partial charge on any atom is 0.276 e. The number of aromatic nitrogens is 5. The van der Waals surface area contributed by atoms with Gasteiger partial charge in [-0.25, -0.2) is 4.68 Å². The lowest BCUT2D eigenvalue weighted by Crippen LogP contribution is -2.27. The number of hydrogen-bond acceptors (Lipinski definition) is 4. The monoisotopic (exact) mass is 414 g/mol. The SMILES string of the molecule is CN(Cc1cnn(C)c1)C(=O)c1nnn(-c2ccc(Br)cc2)c1C1CC1. The summed E-state index contributed by atoms with van der Waals surface area (Å²) in [6.45, 7) is 0.488. The summed E-state index contributed by atoms with van der Waals surface area (Å²) < 4.78 is 4.53. The van der Waals surface area contributed by atoms with Crippen LogP contribution in [0.4, 0.5) is 0 Å². The molecule has 1 aromatic carbocycles. The molecule has 1 fully saturated rings. The van der Waals surface area contributed by atoms with Crippen LogP contribution >= 0.6 is 15.9 Å². The number of hydrogen-bond donors (Lipinski definition) is 0. The second-order valence-corrected chi connectivity index (χ2v) is 7.58. The molecule has 4 rings (SSSR count). The largest absolute Gasteiger partial charge is 0.336 e. The van der Waals surface area contributed by atoms with Crippen molar-refractivity contribution in [2.45, 2.75) is 25.3 Å². The Hall–Kier alpha value is -2.48. The minimum Gasteiger partial charge on any atom is -0.336 e. The second-order valence-electron chi connectivity index (χ2n) is 6.67. The van der Waals surface area contributed by atoms with Gasteiger partial charge >= 0.3 is 0 Å². The Morgan fingerprint density at radius 1 is 1.31 bits per heavy atom. The summed E-state index contributed by atoms with van der Waals surface area (Å²) in [5.74, 6) is 0.235. The average molecular weight is 415 g/mol. The van der Waals surface area contributed by atoms with Crippen LogP contribution in [0.15, 0.2) is 41.1 Å². The summed E-state index contributed by atoms with van der Waals surface area (Å²) >= 11 is 3.45. The van der Waals surface area contributed by atoms with E-state index in [4.69, 9.17) is 0 Å². The normalized spacial score (nSPS) is 13.8. The topological polar surface area (TPSA) is 68.8 Å². The molecule has 26 heavy (non-hydrogen) atoms. The average Bonchev–Trinajstić information content (AvgIpc) is 3.24. The van der Waals surface area contributed by atoms with E-state index in [0.717, 1.165) is 34.3 Å². The quantitative estimate of drug-likeness (QED) is 0.643. The van der Waals surface area contributed by atoms with Crippen molar-refractivity contribution in [3.05, 3.63) is 58.1 Å². The lowest BCUT2D eigenvalue weighted by atomic mass is 10.2. The zero-order valence-corrected chi connectivity index (χ0v) is 16.2. The smallest absolute Gasteiger partial charge is 0.276 e. The molecule has 1 saturated carbocycles. The summed E-state index contributed by atoms with van der Waals surface area (Å²) in [5.41, 5.74) is 3.25. The maximum absolute atomic E-state index is 13.0. The van der Waals surface area contributed by atoms with Gasteiger partial charge in [0.2, 0.25) is 0 Å². The minimum atomic E-state index is -0.112. The molecular weight excluding hydrogens is 396 g/mol. The van der Waals surface area contributed by atoms with Gasteiger partial charge in [-0.05, 0) is 37.1 Å². The van der Waals surface area contributed by atoms with E-state index in [9.17, 15) is 4.79 Å². The van der Waals surface area contributed by atoms with E-state index in [0.29, 0.717) is 18.2 Å². The van der Waals surface area contributed by atoms with E-state index in [1.807, 2.05) is 37.5 Å². The summed E-state index contributed by atoms with van der Waals surface area (Å²) in [7, 11) is 3.64. The number of amides is 1. The van der Waals surface area contributed by atoms with Crippen molar-refractivity contribution in [3.8, 4) is 5.69 Å². The Kier molecular flexibility index (Phi) is 4.36. The van der Waals surface area contributed by atoms with Gasteiger partial charge < -0.3 is 4.90 Å². The highest BCUT2D eigenvalue weighted by Crippen LogP contribution is 2.42. The minimum absolute atomic E-state index is 0.112. The van der Waals surface area contributed by atoms with Crippen molar-refractivity contribution in [2.75, 3.05) is 7.05 Å². The Labute approximate surface area is 159 Å². The van der Waals surface area contributed by atoms with Crippen molar-refractivity contribution in [1.29, 1.82) is 0 Å². The molecule has 0 radical (unpaired) electrons. The summed E-state index contributed by atoms with van der Waals surface area (Å²) in [6, 6.07) is 7.87. The second kappa shape index (κ2) is 6.68. The number of rotatable bonds is 5. The molecule has 8 heteroatoms. The Morgan fingerprint density at radius 3 is 2.65 bits per heavy atom. The van der Waals surface area contributed by atoms with Gasteiger partial charge in [0.1, 0.15) is 0 Å². The van der Waals surface area contributed by atoms with E-state index >= 15 is 0 Å². The molecule has 0 N–H and O–H groups in total. The maximum atomic E-state index is 13.0. The Balaban J connectivity index is 1.63. The molecule has 0 aliphatic heterocycles. The van der Waals surface area contributed by atoms with Crippen LogP contribution < -0.4 is 0 Å². The van der Waals surface area contributed by atoms with Crippen LogP contribution in [0.2, 0.25) is 0 Å². The molecule has 2 aromatic heterocycles. The fourth-order valence-electron chi connectivity index (χ4n) is 3.02. The van der Waals surface area contributed by atoms with E-state index < -0.39 is 0 Å². The first-order valence-electron chi connectivity index (χ1n) is 8.47. The van der Waals surface area contributed by atoms with Crippen LogP contribution in [0, 0.1) is 0 Å². The summed E-state index contributed by atoms with van der Waals surface area (Å²) in [4.78, 5) is 14.6. The standard InChI is InChI=1S/C18H19BrN6O/c1-23(10-12-9-20-24(2)11-12)18(26)16-17(13-3-4-13)25(22-21-16)15-7-5-14(19)6-8-15/h5-9,11,13H,3-4,10H2,1-2H3. The third kappa shape index (κ3) is 3.29. The van der Waals surface area contributed by atoms with Gasteiger partial charge in [0.05, 0.1) is 17.6 Å². The first kappa shape index (κ1) is 17.0. The molecule has 134 valence electrons. The van der Waals surface area contributed by atoms with Crippen LogP contribution in [0.5, 0.6) is 0 Å². The third-order valence-electron chi connectivity index (χ3n) is 4.47. The van der Waals surface area contributed by atoms with Crippen LogP contribution in [-0.4, -0.2) is 42.6 Å². The van der Waals surface area contributed by atoms with Gasteiger partial charge in [-0.1, -0.05) is 21.1 Å². The summed E-state index contributed by atoms with van der Waals surface area (Å²) in [5, 5.41) is 12.7. The molecule has 2 heterocycles. The number of carbonyl (C=O) groups is 1. The molecule has 3 aromatic rings. The first-order chi connectivity index (χ1) is 12.5. The zero-order valence-electron chi connectivity index (χ0n) is 14.6. The zero-order chi connectivity index (χ0) is 18.3. The van der Waals surface area contributed by atoms with Crippen LogP contribution in [0.1, 0.15) is 40.5 Å². The van der Waals surface area contributed by atoms with Gasteiger partial charge in [0, 0.05) is 42.8 Å². The molecule has 0 saturated heterocycles. The highest BCUT2D eigenvalue weighted by molar-refractivity contribution is 9.10. The van der Waals surface area contributed by atoms with Gasteiger partial charge in [0.25, 0.3) is 5.91 Å². The van der Waals surface area contributed by atoms with E-state index in [1.54, 1.807) is 27.5 Å². The molecule has 1 aliphatic rings. The van der Waals surface area contributed by atoms with Crippen molar-refractivity contribution in [3.63, 3.8) is 0 Å². The molecule has 0 bridgehead atoms. The molecule has 7 nitrogen and oxygen atoms in total. The predicted octanol–water partition coefficient (Wildman–Crippen LogP) is 2.91. The molecule has 1 aliphatic carbocycles. The van der Waals surface area contributed by atoms with Gasteiger partial charge in [-0.3, -0.25) is 9.48 Å². The summed E-state index contributed by atoms with van der Waals surface area (Å²) in [6.07, 6.45) is 5.81. The molecular formula is C18H19BrN6O. The van der Waals surface area contributed by atoms with E-state index in [1.165, 1.54) is 0 Å². The molecule has 1 amide bonds. The lowest BCUT2D eigenvalue weighted by Gasteiger charge is -2.15. The van der Waals surface area contributed by atoms with Crippen molar-refractivity contribution in [1.82, 2.24) is 29.7 Å². The van der Waals surface area contributed by atoms with Gasteiger partial charge in [-0.2, -0.15) is 5.10 Å². The van der Waals surface area contributed by atoms with Crippen LogP contribution in [0.3, 0.4) is 0 Å². The van der Waals surface area contributed by atoms with Gasteiger partial charge in [-0.15, -0.1) is 5.10 Å². The van der Waals surface area contributed by atoms with Crippen molar-refractivity contribution >= 4 is 21.8 Å². The number of nitrogens with zero attached hydrogens (tertiary/aromatic N) is 6. The molecule has 0 atom stereocenters. The number of halogens is 1. The number of benzene rings is 1. The highest BCUT2D eigenvalue weighted by atomic mass is 79.9. The Morgan fingerprint density at radius 2 is 2.04 bits per heavy atom. The van der Waals surface area contributed by atoms with Crippen molar-refractivity contribution < 1.29 is 4.79 Å². The first-order valence-corrected chi connectivity index (χ1v) is 9.27. The predicted molar refractivity (Wildman–Crippen MR) is 100 cm³/mol. The molecule has 0 spiro atoms. The lowest BCUT2D eigenvalue weighted by molar-refractivity contribution is 0.0778. The third-order valence-corrected chi connectivity index (χ3v) is 5.00. The number of aryl methyl sites for hydroxylation is 1.